The smallest absolute Gasteiger partial charge is 0.225 e. The maximum atomic E-state index is 12.2. The quantitative estimate of drug-likeness (QED) is 0.925. The molecule has 2 rings (SSSR count). The van der Waals surface area contributed by atoms with E-state index in [-0.39, 0.29) is 29.7 Å². The van der Waals surface area contributed by atoms with Crippen molar-refractivity contribution in [2.24, 2.45) is 5.92 Å². The van der Waals surface area contributed by atoms with Gasteiger partial charge < -0.3 is 15.0 Å². The summed E-state index contributed by atoms with van der Waals surface area (Å²) in [6.45, 7) is 6.83. The molecule has 0 saturated carbocycles. The average Bonchev–Trinajstić information content (AvgIpc) is 2.79. The van der Waals surface area contributed by atoms with Gasteiger partial charge in [0.25, 0.3) is 0 Å². The van der Waals surface area contributed by atoms with Gasteiger partial charge in [0.2, 0.25) is 11.8 Å². The number of hydrogen-bond acceptors (Lipinski definition) is 3. The van der Waals surface area contributed by atoms with Crippen LogP contribution in [0, 0.1) is 5.92 Å². The van der Waals surface area contributed by atoms with Gasteiger partial charge in [-0.3, -0.25) is 9.59 Å². The molecule has 1 aromatic carbocycles. The number of carbonyl (C=O) groups is 2. The van der Waals surface area contributed by atoms with Crippen molar-refractivity contribution in [2.45, 2.75) is 39.3 Å². The minimum Gasteiger partial charge on any atom is -0.497 e. The molecule has 0 bridgehead atoms. The fourth-order valence-electron chi connectivity index (χ4n) is 2.52. The zero-order valence-corrected chi connectivity index (χ0v) is 13.7. The van der Waals surface area contributed by atoms with Gasteiger partial charge in [-0.05, 0) is 38.5 Å². The van der Waals surface area contributed by atoms with Crippen LogP contribution in [0.5, 0.6) is 5.75 Å². The van der Waals surface area contributed by atoms with Gasteiger partial charge >= 0.3 is 0 Å². The standard InChI is InChI=1S/C17H24N2O3/c1-17(2,3)18-16(21)13-9-15(20)19(11-13)10-12-5-7-14(22-4)8-6-12/h5-8,13H,9-11H2,1-4H3,(H,18,21)/t13-/m0/s1. The Morgan fingerprint density at radius 3 is 2.50 bits per heavy atom. The third-order valence-corrected chi connectivity index (χ3v) is 3.62. The summed E-state index contributed by atoms with van der Waals surface area (Å²) < 4.78 is 5.12. The molecule has 5 nitrogen and oxygen atoms in total. The van der Waals surface area contributed by atoms with Gasteiger partial charge in [-0.2, -0.15) is 0 Å². The van der Waals surface area contributed by atoms with E-state index in [1.54, 1.807) is 12.0 Å². The highest BCUT2D eigenvalue weighted by Crippen LogP contribution is 2.22. The molecular weight excluding hydrogens is 280 g/mol. The predicted octanol–water partition coefficient (Wildman–Crippen LogP) is 1.96. The maximum absolute atomic E-state index is 12.2. The van der Waals surface area contributed by atoms with Gasteiger partial charge in [-0.1, -0.05) is 12.1 Å². The molecule has 0 unspecified atom stereocenters. The fourth-order valence-corrected chi connectivity index (χ4v) is 2.52. The van der Waals surface area contributed by atoms with E-state index in [1.807, 2.05) is 45.0 Å². The van der Waals surface area contributed by atoms with Crippen molar-refractivity contribution in [2.75, 3.05) is 13.7 Å². The molecule has 1 aliphatic rings. The summed E-state index contributed by atoms with van der Waals surface area (Å²) in [5.74, 6) is 0.520. The molecule has 2 amide bonds. The second-order valence-corrected chi connectivity index (χ2v) is 6.76. The van der Waals surface area contributed by atoms with Crippen LogP contribution in [-0.2, 0) is 16.1 Å². The lowest BCUT2D eigenvalue weighted by molar-refractivity contribution is -0.129. The number of nitrogens with one attached hydrogen (secondary N) is 1. The first-order chi connectivity index (χ1) is 10.3. The number of amides is 2. The first-order valence-corrected chi connectivity index (χ1v) is 7.51. The van der Waals surface area contributed by atoms with Gasteiger partial charge in [0.05, 0.1) is 13.0 Å². The first-order valence-electron chi connectivity index (χ1n) is 7.51. The predicted molar refractivity (Wildman–Crippen MR) is 84.4 cm³/mol. The number of methoxy groups -OCH3 is 1. The Kier molecular flexibility index (Phi) is 4.74. The van der Waals surface area contributed by atoms with Crippen molar-refractivity contribution in [3.05, 3.63) is 29.8 Å². The maximum Gasteiger partial charge on any atom is 0.225 e. The minimum atomic E-state index is -0.274. The first kappa shape index (κ1) is 16.3. The molecule has 120 valence electrons. The van der Waals surface area contributed by atoms with Crippen molar-refractivity contribution >= 4 is 11.8 Å². The summed E-state index contributed by atoms with van der Waals surface area (Å²) in [5.41, 5.74) is 0.759. The van der Waals surface area contributed by atoms with Crippen LogP contribution in [-0.4, -0.2) is 35.9 Å². The molecule has 1 aromatic rings. The number of nitrogens with zero attached hydrogens (tertiary/aromatic N) is 1. The Bertz CT molecular complexity index is 546. The molecular formula is C17H24N2O3. The highest BCUT2D eigenvalue weighted by molar-refractivity contribution is 5.89. The van der Waals surface area contributed by atoms with Crippen LogP contribution in [0.1, 0.15) is 32.8 Å². The van der Waals surface area contributed by atoms with E-state index in [1.165, 1.54) is 0 Å². The number of carbonyl (C=O) groups excluding carboxylic acids is 2. The lowest BCUT2D eigenvalue weighted by Gasteiger charge is -2.23. The van der Waals surface area contributed by atoms with Gasteiger partial charge in [0.1, 0.15) is 5.75 Å². The van der Waals surface area contributed by atoms with Crippen LogP contribution >= 0.6 is 0 Å². The van der Waals surface area contributed by atoms with Crippen LogP contribution < -0.4 is 10.1 Å². The normalized spacial score (nSPS) is 18.5. The molecule has 22 heavy (non-hydrogen) atoms. The number of hydrogen-bond donors (Lipinski definition) is 1. The Balaban J connectivity index is 1.95. The monoisotopic (exact) mass is 304 g/mol. The van der Waals surface area contributed by atoms with E-state index >= 15 is 0 Å². The van der Waals surface area contributed by atoms with Gasteiger partial charge in [-0.15, -0.1) is 0 Å². The van der Waals surface area contributed by atoms with Crippen molar-refractivity contribution in [3.8, 4) is 5.75 Å². The van der Waals surface area contributed by atoms with Crippen LogP contribution in [0.15, 0.2) is 24.3 Å². The lowest BCUT2D eigenvalue weighted by Crippen LogP contribution is -2.44. The molecule has 0 aliphatic carbocycles. The number of rotatable bonds is 4. The highest BCUT2D eigenvalue weighted by atomic mass is 16.5. The molecule has 1 saturated heterocycles. The van der Waals surface area contributed by atoms with Crippen LogP contribution in [0.4, 0.5) is 0 Å². The Labute approximate surface area is 131 Å². The van der Waals surface area contributed by atoms with Gasteiger partial charge in [0, 0.05) is 25.0 Å². The molecule has 5 heteroatoms. The van der Waals surface area contributed by atoms with E-state index in [2.05, 4.69) is 5.32 Å². The second kappa shape index (κ2) is 6.38. The summed E-state index contributed by atoms with van der Waals surface area (Å²) in [6.07, 6.45) is 0.290. The highest BCUT2D eigenvalue weighted by Gasteiger charge is 2.35. The van der Waals surface area contributed by atoms with Crippen molar-refractivity contribution in [1.29, 1.82) is 0 Å². The van der Waals surface area contributed by atoms with E-state index in [9.17, 15) is 9.59 Å². The number of ether oxygens (including phenoxy) is 1. The molecule has 1 heterocycles. The molecule has 1 fully saturated rings. The number of benzene rings is 1. The summed E-state index contributed by atoms with van der Waals surface area (Å²) in [5, 5.41) is 2.95. The van der Waals surface area contributed by atoms with E-state index in [0.29, 0.717) is 13.1 Å². The van der Waals surface area contributed by atoms with E-state index in [4.69, 9.17) is 4.74 Å². The Morgan fingerprint density at radius 2 is 1.95 bits per heavy atom. The number of likely N-dealkylation sites (tertiary alicyclic amines) is 1. The molecule has 0 aromatic heterocycles. The molecule has 1 aliphatic heterocycles. The summed E-state index contributed by atoms with van der Waals surface area (Å²) in [6, 6.07) is 7.63. The van der Waals surface area contributed by atoms with Crippen LogP contribution in [0.3, 0.4) is 0 Å². The summed E-state index contributed by atoms with van der Waals surface area (Å²) in [4.78, 5) is 26.0. The van der Waals surface area contributed by atoms with Gasteiger partial charge in [0.15, 0.2) is 0 Å². The SMILES string of the molecule is COc1ccc(CN2C[C@@H](C(=O)NC(C)(C)C)CC2=O)cc1. The zero-order chi connectivity index (χ0) is 16.3. The largest absolute Gasteiger partial charge is 0.497 e. The van der Waals surface area contributed by atoms with E-state index in [0.717, 1.165) is 11.3 Å². The average molecular weight is 304 g/mol. The fraction of sp³-hybridized carbons (Fsp3) is 0.529. The van der Waals surface area contributed by atoms with Crippen molar-refractivity contribution in [3.63, 3.8) is 0 Å². The molecule has 1 N–H and O–H groups in total. The third-order valence-electron chi connectivity index (χ3n) is 3.62. The summed E-state index contributed by atoms with van der Waals surface area (Å²) >= 11 is 0. The molecule has 0 spiro atoms. The van der Waals surface area contributed by atoms with Crippen LogP contribution in [0.2, 0.25) is 0 Å². The Hall–Kier alpha value is -2.04. The van der Waals surface area contributed by atoms with Crippen molar-refractivity contribution < 1.29 is 14.3 Å². The van der Waals surface area contributed by atoms with Crippen LogP contribution in [0.25, 0.3) is 0 Å². The third kappa shape index (κ3) is 4.23. The topological polar surface area (TPSA) is 58.6 Å². The lowest BCUT2D eigenvalue weighted by atomic mass is 10.0. The van der Waals surface area contributed by atoms with Crippen molar-refractivity contribution in [1.82, 2.24) is 10.2 Å². The van der Waals surface area contributed by atoms with E-state index < -0.39 is 0 Å². The second-order valence-electron chi connectivity index (χ2n) is 6.76. The molecule has 0 radical (unpaired) electrons. The minimum absolute atomic E-state index is 0.0323. The Morgan fingerprint density at radius 1 is 1.32 bits per heavy atom. The summed E-state index contributed by atoms with van der Waals surface area (Å²) in [7, 11) is 1.62. The van der Waals surface area contributed by atoms with Gasteiger partial charge in [-0.25, -0.2) is 0 Å². The zero-order valence-electron chi connectivity index (χ0n) is 13.7. The molecule has 1 atom stereocenters.